The molecule has 0 aliphatic carbocycles. The molecule has 2 aromatic heterocycles. The topological polar surface area (TPSA) is 87.0 Å². The molecule has 0 atom stereocenters. The molecule has 0 amide bonds. The fourth-order valence-electron chi connectivity index (χ4n) is 3.05. The van der Waals surface area contributed by atoms with Gasteiger partial charge < -0.3 is 21.1 Å². The highest BCUT2D eigenvalue weighted by molar-refractivity contribution is 5.70. The summed E-state index contributed by atoms with van der Waals surface area (Å²) < 4.78 is 56.7. The van der Waals surface area contributed by atoms with Gasteiger partial charge in [0.1, 0.15) is 17.5 Å². The van der Waals surface area contributed by atoms with Crippen LogP contribution in [0.3, 0.4) is 0 Å². The largest absolute Gasteiger partial charge is 0.419 e. The summed E-state index contributed by atoms with van der Waals surface area (Å²) in [6, 6.07) is 7.00. The molecule has 3 rings (SSSR count). The van der Waals surface area contributed by atoms with Crippen LogP contribution in [0.15, 0.2) is 36.5 Å². The van der Waals surface area contributed by atoms with Gasteiger partial charge in [0.05, 0.1) is 29.2 Å². The van der Waals surface area contributed by atoms with E-state index in [1.165, 1.54) is 12.1 Å². The number of benzene rings is 1. The van der Waals surface area contributed by atoms with Gasteiger partial charge in [0.15, 0.2) is 0 Å². The second-order valence-corrected chi connectivity index (χ2v) is 6.66. The molecule has 11 heteroatoms. The van der Waals surface area contributed by atoms with Crippen molar-refractivity contribution >= 4 is 23.0 Å². The fourth-order valence-corrected chi connectivity index (χ4v) is 3.05. The Balaban J connectivity index is 2.02. The summed E-state index contributed by atoms with van der Waals surface area (Å²) in [6.07, 6.45) is -4.01. The van der Waals surface area contributed by atoms with E-state index in [0.717, 1.165) is 6.07 Å². The second kappa shape index (κ2) is 9.31. The van der Waals surface area contributed by atoms with Crippen molar-refractivity contribution in [3.8, 4) is 0 Å². The van der Waals surface area contributed by atoms with Crippen LogP contribution in [0.2, 0.25) is 0 Å². The highest BCUT2D eigenvalue weighted by Gasteiger charge is 2.34. The van der Waals surface area contributed by atoms with Gasteiger partial charge in [-0.3, -0.25) is 0 Å². The van der Waals surface area contributed by atoms with Crippen LogP contribution in [-0.2, 0) is 25.9 Å². The lowest BCUT2D eigenvalue weighted by Crippen LogP contribution is -2.13. The third kappa shape index (κ3) is 5.12. The number of nitrogens with one attached hydrogen (secondary N) is 3. The lowest BCUT2D eigenvalue weighted by Gasteiger charge is -2.18. The van der Waals surface area contributed by atoms with Crippen LogP contribution in [0.1, 0.15) is 23.7 Å². The molecule has 0 aliphatic rings. The lowest BCUT2D eigenvalue weighted by molar-refractivity contribution is -0.137. The Morgan fingerprint density at radius 2 is 1.94 bits per heavy atom. The third-order valence-electron chi connectivity index (χ3n) is 4.48. The zero-order chi connectivity index (χ0) is 22.6. The average Bonchev–Trinajstić information content (AvgIpc) is 3.12. The number of para-hydroxylation sites is 1. The minimum atomic E-state index is -4.70. The van der Waals surface area contributed by atoms with Gasteiger partial charge in [-0.15, -0.1) is 0 Å². The molecule has 0 aliphatic heterocycles. The smallest absolute Gasteiger partial charge is 0.390 e. The monoisotopic (exact) mass is 438 g/mol. The number of hydrogen-bond acceptors (Lipinski definition) is 6. The quantitative estimate of drug-likeness (QED) is 0.395. The van der Waals surface area contributed by atoms with Gasteiger partial charge in [-0.05, 0) is 25.6 Å². The normalized spacial score (nSPS) is 11.6. The van der Waals surface area contributed by atoms with Gasteiger partial charge in [-0.25, -0.2) is 14.1 Å². The van der Waals surface area contributed by atoms with Gasteiger partial charge in [0.25, 0.3) is 0 Å². The minimum Gasteiger partial charge on any atom is -0.390 e. The summed E-state index contributed by atoms with van der Waals surface area (Å²) in [5.74, 6) is -0.128. The molecule has 0 saturated carbocycles. The lowest BCUT2D eigenvalue weighted by atomic mass is 10.1. The van der Waals surface area contributed by atoms with E-state index in [1.807, 2.05) is 6.92 Å². The Kier molecular flexibility index (Phi) is 6.76. The van der Waals surface area contributed by atoms with E-state index in [0.29, 0.717) is 29.8 Å². The number of nitrogens with zero attached hydrogens (tertiary/aromatic N) is 3. The summed E-state index contributed by atoms with van der Waals surface area (Å²) in [5.41, 5.74) is -0.564. The van der Waals surface area contributed by atoms with Crippen molar-refractivity contribution < 1.29 is 22.7 Å². The molecule has 0 fully saturated rings. The molecule has 3 aromatic rings. The van der Waals surface area contributed by atoms with Gasteiger partial charge in [-0.2, -0.15) is 18.3 Å². The molecule has 0 spiro atoms. The van der Waals surface area contributed by atoms with Crippen LogP contribution in [0, 0.1) is 5.82 Å². The molecule has 7 nitrogen and oxygen atoms in total. The number of halogens is 4. The Labute approximate surface area is 176 Å². The number of rotatable bonds is 8. The molecule has 2 heterocycles. The SMILES string of the molecule is CCn1nc(CO)cc1Nc1cc(Nc2c(F)cccc2CNC)c(C(F)(F)F)cn1. The molecule has 1 aromatic carbocycles. The van der Waals surface area contributed by atoms with Crippen LogP contribution < -0.4 is 16.0 Å². The Hall–Kier alpha value is -3.18. The van der Waals surface area contributed by atoms with Crippen LogP contribution in [0.5, 0.6) is 0 Å². The minimum absolute atomic E-state index is 0.0549. The predicted octanol–water partition coefficient (Wildman–Crippen LogP) is 4.15. The van der Waals surface area contributed by atoms with E-state index >= 15 is 0 Å². The molecule has 0 bridgehead atoms. The summed E-state index contributed by atoms with van der Waals surface area (Å²) in [6.45, 7) is 2.28. The predicted molar refractivity (Wildman–Crippen MR) is 109 cm³/mol. The number of aryl methyl sites for hydroxylation is 1. The van der Waals surface area contributed by atoms with Gasteiger partial charge in [0, 0.05) is 31.4 Å². The highest BCUT2D eigenvalue weighted by Crippen LogP contribution is 2.38. The Morgan fingerprint density at radius 3 is 2.58 bits per heavy atom. The van der Waals surface area contributed by atoms with E-state index in [1.54, 1.807) is 23.9 Å². The first-order valence-electron chi connectivity index (χ1n) is 9.47. The van der Waals surface area contributed by atoms with Gasteiger partial charge in [-0.1, -0.05) is 12.1 Å². The number of anilines is 4. The van der Waals surface area contributed by atoms with E-state index in [-0.39, 0.29) is 30.3 Å². The first-order valence-corrected chi connectivity index (χ1v) is 9.47. The Morgan fingerprint density at radius 1 is 1.16 bits per heavy atom. The molecule has 166 valence electrons. The average molecular weight is 438 g/mol. The third-order valence-corrected chi connectivity index (χ3v) is 4.48. The van der Waals surface area contributed by atoms with E-state index in [9.17, 15) is 22.7 Å². The van der Waals surface area contributed by atoms with Crippen LogP contribution in [0.25, 0.3) is 0 Å². The van der Waals surface area contributed by atoms with E-state index < -0.39 is 17.6 Å². The number of aliphatic hydroxyl groups excluding tert-OH is 1. The van der Waals surface area contributed by atoms with Crippen molar-refractivity contribution in [3.63, 3.8) is 0 Å². The second-order valence-electron chi connectivity index (χ2n) is 6.66. The van der Waals surface area contributed by atoms with Crippen molar-refractivity contribution in [2.75, 3.05) is 17.7 Å². The zero-order valence-corrected chi connectivity index (χ0v) is 16.9. The maximum absolute atomic E-state index is 14.4. The maximum atomic E-state index is 14.4. The maximum Gasteiger partial charge on any atom is 0.419 e. The molecular formula is C20H22F4N6O. The van der Waals surface area contributed by atoms with Crippen molar-refractivity contribution in [1.29, 1.82) is 0 Å². The number of aromatic nitrogens is 3. The summed E-state index contributed by atoms with van der Waals surface area (Å²) in [7, 11) is 1.65. The van der Waals surface area contributed by atoms with Gasteiger partial charge in [0.2, 0.25) is 0 Å². The van der Waals surface area contributed by atoms with Crippen LogP contribution in [0.4, 0.5) is 40.6 Å². The standard InChI is InChI=1S/C20H22F4N6O/c1-3-30-18(7-13(11-31)29-30)28-17-8-16(14(10-26-17)20(22,23)24)27-19-12(9-25-2)5-4-6-15(19)21/h4-8,10,25,31H,3,9,11H2,1-2H3,(H2,26,27,28). The molecule has 4 N–H and O–H groups in total. The molecule has 0 radical (unpaired) electrons. The first kappa shape index (κ1) is 22.5. The van der Waals surface area contributed by atoms with E-state index in [4.69, 9.17) is 0 Å². The van der Waals surface area contributed by atoms with Crippen molar-refractivity contribution in [1.82, 2.24) is 20.1 Å². The molecule has 0 unspecified atom stereocenters. The van der Waals surface area contributed by atoms with E-state index in [2.05, 4.69) is 26.0 Å². The first-order chi connectivity index (χ1) is 14.8. The van der Waals surface area contributed by atoms with Gasteiger partial charge >= 0.3 is 6.18 Å². The van der Waals surface area contributed by atoms with Crippen molar-refractivity contribution in [2.45, 2.75) is 32.8 Å². The fraction of sp³-hybridized carbons (Fsp3) is 0.300. The highest BCUT2D eigenvalue weighted by atomic mass is 19.4. The van der Waals surface area contributed by atoms with Crippen molar-refractivity contribution in [3.05, 3.63) is 59.2 Å². The number of pyridine rings is 1. The summed E-state index contributed by atoms with van der Waals surface area (Å²) in [5, 5.41) is 21.8. The summed E-state index contributed by atoms with van der Waals surface area (Å²) in [4.78, 5) is 3.85. The number of alkyl halides is 3. The zero-order valence-electron chi connectivity index (χ0n) is 16.9. The van der Waals surface area contributed by atoms with Crippen molar-refractivity contribution in [2.24, 2.45) is 0 Å². The number of hydrogen-bond donors (Lipinski definition) is 4. The Bertz CT molecular complexity index is 1050. The summed E-state index contributed by atoms with van der Waals surface area (Å²) >= 11 is 0. The number of aliphatic hydroxyl groups is 1. The molecule has 31 heavy (non-hydrogen) atoms. The molecular weight excluding hydrogens is 416 g/mol. The van der Waals surface area contributed by atoms with Crippen LogP contribution >= 0.6 is 0 Å². The van der Waals surface area contributed by atoms with Crippen LogP contribution in [-0.4, -0.2) is 26.9 Å². The molecule has 0 saturated heterocycles.